The highest BCUT2D eigenvalue weighted by atomic mass is 35.5. The Morgan fingerprint density at radius 2 is 1.25 bits per heavy atom. The first kappa shape index (κ1) is 80.0. The van der Waals surface area contributed by atoms with Crippen LogP contribution in [0.25, 0.3) is 20.2 Å². The number of anilines is 3. The van der Waals surface area contributed by atoms with Crippen LogP contribution in [0.4, 0.5) is 31.4 Å². The van der Waals surface area contributed by atoms with Crippen molar-refractivity contribution >= 4 is 142 Å². The molecule has 0 radical (unpaired) electrons. The number of aliphatic hydroxyl groups is 4. The van der Waals surface area contributed by atoms with Crippen molar-refractivity contribution in [3.05, 3.63) is 75.0 Å². The lowest BCUT2D eigenvalue weighted by molar-refractivity contribution is -0.277. The average molecular weight is 1500 g/mol. The smallest absolute Gasteiger partial charge is 0.415 e. The van der Waals surface area contributed by atoms with E-state index >= 15 is 0 Å². The highest BCUT2D eigenvalue weighted by Crippen LogP contribution is 2.51. The van der Waals surface area contributed by atoms with Gasteiger partial charge in [-0.3, -0.25) is 28.8 Å². The maximum Gasteiger partial charge on any atom is 0.415 e. The van der Waals surface area contributed by atoms with Gasteiger partial charge in [0.25, 0.3) is 0 Å². The number of fused-ring (bicyclic) bond motifs is 6. The van der Waals surface area contributed by atoms with E-state index in [1.54, 1.807) is 60.0 Å². The standard InChI is InChI=1S/C71H93Cl2N9O18S2/c1-37(2)60(78-67(93)43(25-40(5)84)13-9-10-21-75-41(6)85)50(86)26-44(14-12-22-76-69(74)94)66(92)77-47-19-17-42(18-20-47)34-97-70(95)79(7)23-24-80(8)71(96)100-52-28-49-59(57-39(4)36-102-65(52)57)46(30-73)32-82(49)55(88)16-11-15-54(87)81-31-45(29-72)58-48(81)27-51(64-56(58)38(3)35-101-64)98-68-63(91)62(90)61(89)53(33-83)99-68/h17-20,27-28,35-37,43-46,53,60-63,68,83,89-91H,9-16,21-26,29-34H2,1-8H3,(H,75,85)(H,77,92)(H,78,93)(H3,74,76,94)/t43-,44-,45-,46-,53-,60+,61+,62+,63-,68-/m1/s1. The van der Waals surface area contributed by atoms with Gasteiger partial charge in [-0.25, -0.2) is 14.4 Å². The second kappa shape index (κ2) is 36.6. The predicted octanol–water partition coefficient (Wildman–Crippen LogP) is 7.82. The number of Topliss-reactive ketones (excluding diaryl/α,β-unsaturated/α-hetero) is 2. The number of rotatable bonds is 34. The molecule has 10 atom stereocenters. The number of nitrogens with zero attached hydrogens (tertiary/aromatic N) is 4. The van der Waals surface area contributed by atoms with E-state index in [1.807, 2.05) is 24.6 Å². The van der Waals surface area contributed by atoms with Gasteiger partial charge in [-0.2, -0.15) is 0 Å². The molecule has 0 aliphatic carbocycles. The number of benzene rings is 3. The molecule has 5 heterocycles. The van der Waals surface area contributed by atoms with Crippen molar-refractivity contribution in [3.63, 3.8) is 0 Å². The Hall–Kier alpha value is -7.74. The lowest BCUT2D eigenvalue weighted by Crippen LogP contribution is -2.60. The Labute approximate surface area is 609 Å². The Bertz CT molecular complexity index is 3870. The molecule has 0 bridgehead atoms. The minimum absolute atomic E-state index is 0.0192. The van der Waals surface area contributed by atoms with Crippen molar-refractivity contribution in [2.24, 2.45) is 23.5 Å². The minimum atomic E-state index is -1.67. The van der Waals surface area contributed by atoms with Crippen LogP contribution in [-0.4, -0.2) is 198 Å². The molecule has 2 aromatic heterocycles. The summed E-state index contributed by atoms with van der Waals surface area (Å²) in [5, 5.41) is 58.0. The van der Waals surface area contributed by atoms with E-state index in [9.17, 15) is 68.4 Å². The van der Waals surface area contributed by atoms with Crippen LogP contribution < -0.4 is 46.3 Å². The molecule has 3 aromatic carbocycles. The van der Waals surface area contributed by atoms with Gasteiger partial charge in [0.05, 0.1) is 33.4 Å². The maximum atomic E-state index is 14.4. The summed E-state index contributed by atoms with van der Waals surface area (Å²) < 4.78 is 24.9. The van der Waals surface area contributed by atoms with Crippen molar-refractivity contribution in [2.45, 2.75) is 161 Å². The number of thiophene rings is 2. The summed E-state index contributed by atoms with van der Waals surface area (Å²) in [6.07, 6.45) is -7.18. The summed E-state index contributed by atoms with van der Waals surface area (Å²) >= 11 is 16.0. The van der Waals surface area contributed by atoms with E-state index in [1.165, 1.54) is 60.4 Å². The van der Waals surface area contributed by atoms with Gasteiger partial charge in [0.1, 0.15) is 42.6 Å². The summed E-state index contributed by atoms with van der Waals surface area (Å²) in [6, 6.07) is 8.13. The average Bonchev–Trinajstić information content (AvgIpc) is 1.59. The van der Waals surface area contributed by atoms with Crippen LogP contribution >= 0.6 is 45.9 Å². The number of aliphatic hydroxyl groups excluding tert-OH is 4. The number of carbonyl (C=O) groups is 10. The fourth-order valence-corrected chi connectivity index (χ4v) is 15.6. The predicted molar refractivity (Wildman–Crippen MR) is 388 cm³/mol. The monoisotopic (exact) mass is 1490 g/mol. The Morgan fingerprint density at radius 3 is 1.80 bits per heavy atom. The zero-order valence-corrected chi connectivity index (χ0v) is 61.7. The molecule has 556 valence electrons. The number of primary amides is 1. The second-order valence-corrected chi connectivity index (χ2v) is 29.2. The first-order chi connectivity index (χ1) is 48.5. The number of unbranched alkanes of at least 4 members (excludes halogenated alkanes) is 1. The third-order valence-corrected chi connectivity index (χ3v) is 21.6. The molecule has 8 rings (SSSR count). The molecule has 10 N–H and O–H groups in total. The third kappa shape index (κ3) is 19.7. The number of amides is 9. The summed E-state index contributed by atoms with van der Waals surface area (Å²) in [5.74, 6) is -3.86. The zero-order valence-electron chi connectivity index (χ0n) is 58.6. The molecular weight excluding hydrogens is 1400 g/mol. The van der Waals surface area contributed by atoms with Crippen molar-refractivity contribution in [2.75, 3.05) is 86.8 Å². The van der Waals surface area contributed by atoms with Crippen LogP contribution in [0, 0.1) is 31.6 Å². The summed E-state index contributed by atoms with van der Waals surface area (Å²) in [5.41, 5.74) is 10.8. The number of likely N-dealkylation sites (N-methyl/N-ethyl adjacent to an activating group) is 2. The molecule has 9 amide bonds. The quantitative estimate of drug-likeness (QED) is 0.0140. The lowest BCUT2D eigenvalue weighted by atomic mass is 9.88. The molecule has 102 heavy (non-hydrogen) atoms. The van der Waals surface area contributed by atoms with Crippen LogP contribution in [0.1, 0.15) is 132 Å². The molecular formula is C71H93Cl2N9O18S2. The van der Waals surface area contributed by atoms with E-state index in [2.05, 4.69) is 21.3 Å². The molecule has 3 aliphatic rings. The van der Waals surface area contributed by atoms with Crippen LogP contribution in [0.5, 0.6) is 11.5 Å². The van der Waals surface area contributed by atoms with Crippen LogP contribution in [0.15, 0.2) is 47.2 Å². The van der Waals surface area contributed by atoms with Crippen LogP contribution in [0.3, 0.4) is 0 Å². The van der Waals surface area contributed by atoms with Gasteiger partial charge < -0.3 is 90.8 Å². The third-order valence-electron chi connectivity index (χ3n) is 18.7. The first-order valence-corrected chi connectivity index (χ1v) is 37.0. The van der Waals surface area contributed by atoms with E-state index in [4.69, 9.17) is 47.9 Å². The molecule has 0 saturated carbocycles. The molecule has 0 spiro atoms. The molecule has 27 nitrogen and oxygen atoms in total. The maximum absolute atomic E-state index is 14.4. The fourth-order valence-electron chi connectivity index (χ4n) is 13.1. The van der Waals surface area contributed by atoms with Gasteiger partial charge in [0.2, 0.25) is 35.8 Å². The summed E-state index contributed by atoms with van der Waals surface area (Å²) in [6.45, 7) is 10.5. The lowest BCUT2D eigenvalue weighted by Gasteiger charge is -2.39. The summed E-state index contributed by atoms with van der Waals surface area (Å²) in [7, 11) is 3.03. The number of hydrogen-bond donors (Lipinski definition) is 9. The number of hydrogen-bond acceptors (Lipinski definition) is 20. The highest BCUT2D eigenvalue weighted by Gasteiger charge is 2.46. The van der Waals surface area contributed by atoms with Gasteiger partial charge in [0.15, 0.2) is 11.5 Å². The number of alkyl halides is 2. The van der Waals surface area contributed by atoms with Crippen molar-refractivity contribution in [3.8, 4) is 11.5 Å². The van der Waals surface area contributed by atoms with Crippen molar-refractivity contribution in [1.82, 2.24) is 25.8 Å². The van der Waals surface area contributed by atoms with Gasteiger partial charge in [-0.1, -0.05) is 32.4 Å². The summed E-state index contributed by atoms with van der Waals surface area (Å²) in [4.78, 5) is 138. The Morgan fingerprint density at radius 1 is 0.706 bits per heavy atom. The molecule has 0 unspecified atom stereocenters. The van der Waals surface area contributed by atoms with Crippen molar-refractivity contribution in [1.29, 1.82) is 0 Å². The minimum Gasteiger partial charge on any atom is -0.460 e. The fraction of sp³-hybridized carbons (Fsp3) is 0.549. The highest BCUT2D eigenvalue weighted by molar-refractivity contribution is 7.18. The van der Waals surface area contributed by atoms with E-state index in [-0.39, 0.29) is 142 Å². The SMILES string of the molecule is CC(=O)C[C@@H](CCCCNC(C)=O)C(=O)N[C@H](C(=O)C[C@@H](CCCNC(N)=O)C(=O)Nc1ccc(COC(=O)N(C)CCN(C)C(=O)Oc2cc3c(c4c(C)csc24)[C@H](CCl)CN3C(=O)CCCC(=O)N2C[C@@H](CCl)c3c2cc(O[C@@H]2O[C@H](CO)[C@H](O)[C@H](O)[C@H]2O)c2scc(C)c32)cc1)C(C)C. The number of ketones is 2. The topological polar surface area (TPSA) is 376 Å². The Kier molecular flexibility index (Phi) is 28.7. The molecule has 1 fully saturated rings. The molecule has 5 aromatic rings. The van der Waals surface area contributed by atoms with Gasteiger partial charge in [-0.05, 0) is 110 Å². The largest absolute Gasteiger partial charge is 0.460 e. The van der Waals surface area contributed by atoms with Crippen LogP contribution in [0.2, 0.25) is 0 Å². The molecule has 3 aliphatic heterocycles. The number of ether oxygens (including phenoxy) is 4. The first-order valence-electron chi connectivity index (χ1n) is 34.2. The number of nitrogens with two attached hydrogens (primary N) is 1. The number of nitrogens with one attached hydrogen (secondary N) is 4. The normalized spacial score (nSPS) is 19.3. The zero-order chi connectivity index (χ0) is 74.4. The number of urea groups is 1. The van der Waals surface area contributed by atoms with Crippen LogP contribution in [-0.2, 0) is 49.6 Å². The van der Waals surface area contributed by atoms with E-state index in [0.29, 0.717) is 64.3 Å². The second-order valence-electron chi connectivity index (χ2n) is 26.8. The number of halogens is 2. The number of carbonyl (C=O) groups excluding carboxylic acids is 10. The molecule has 31 heteroatoms. The van der Waals surface area contributed by atoms with E-state index in [0.717, 1.165) is 33.0 Å². The van der Waals surface area contributed by atoms with Gasteiger partial charge in [0, 0.05) is 150 Å². The van der Waals surface area contributed by atoms with Gasteiger partial charge in [-0.15, -0.1) is 45.9 Å². The molecule has 1 saturated heterocycles. The Balaban J connectivity index is 0.842. The number of aryl methyl sites for hydroxylation is 2. The van der Waals surface area contributed by atoms with Gasteiger partial charge >= 0.3 is 18.2 Å². The van der Waals surface area contributed by atoms with E-state index < -0.39 is 91.0 Å². The van der Waals surface area contributed by atoms with Crippen molar-refractivity contribution < 1.29 is 87.3 Å².